The molecule has 2 aliphatic rings. The number of amides is 1. The molecular formula is C26H30ClN5O3S2. The molecule has 196 valence electrons. The zero-order chi connectivity index (χ0) is 26.2. The number of halogens is 1. The summed E-state index contributed by atoms with van der Waals surface area (Å²) < 4.78 is 32.1. The van der Waals surface area contributed by atoms with E-state index in [1.165, 1.54) is 5.56 Å². The number of fused-ring (bicyclic) bond motifs is 1. The summed E-state index contributed by atoms with van der Waals surface area (Å²) >= 11 is 7.30. The van der Waals surface area contributed by atoms with Gasteiger partial charge < -0.3 is 14.7 Å². The molecule has 2 aromatic carbocycles. The number of aryl methyl sites for hydroxylation is 2. The maximum Gasteiger partial charge on any atom is 0.262 e. The Kier molecular flexibility index (Phi) is 7.33. The highest BCUT2D eigenvalue weighted by Crippen LogP contribution is 2.31. The highest BCUT2D eigenvalue weighted by molar-refractivity contribution is 7.93. The number of rotatable bonds is 6. The SMILES string of the molecule is Cc1cc(NS(=O)(=O)c2ccc(N3CCN(C(=O)C(C)N4CCCc5cc(Cl)ccc54)CC3)cc2)sn1. The summed E-state index contributed by atoms with van der Waals surface area (Å²) in [6, 6.07) is 14.3. The van der Waals surface area contributed by atoms with Crippen molar-refractivity contribution in [1.29, 1.82) is 0 Å². The van der Waals surface area contributed by atoms with E-state index >= 15 is 0 Å². The van der Waals surface area contributed by atoms with Gasteiger partial charge in [-0.2, -0.15) is 4.37 Å². The van der Waals surface area contributed by atoms with Gasteiger partial charge in [0.2, 0.25) is 5.91 Å². The summed E-state index contributed by atoms with van der Waals surface area (Å²) in [4.78, 5) is 19.9. The number of piperazine rings is 1. The molecule has 1 aromatic heterocycles. The van der Waals surface area contributed by atoms with Crippen LogP contribution in [0, 0.1) is 6.92 Å². The van der Waals surface area contributed by atoms with E-state index in [-0.39, 0.29) is 16.8 Å². The van der Waals surface area contributed by atoms with E-state index in [0.29, 0.717) is 31.2 Å². The number of hydrogen-bond acceptors (Lipinski definition) is 7. The van der Waals surface area contributed by atoms with E-state index in [4.69, 9.17) is 11.6 Å². The first kappa shape index (κ1) is 25.8. The highest BCUT2D eigenvalue weighted by atomic mass is 35.5. The average molecular weight is 560 g/mol. The van der Waals surface area contributed by atoms with Crippen molar-refractivity contribution in [1.82, 2.24) is 9.27 Å². The van der Waals surface area contributed by atoms with E-state index in [2.05, 4.69) is 18.9 Å². The number of aromatic nitrogens is 1. The predicted molar refractivity (Wildman–Crippen MR) is 149 cm³/mol. The molecule has 37 heavy (non-hydrogen) atoms. The van der Waals surface area contributed by atoms with E-state index in [0.717, 1.165) is 53.0 Å². The average Bonchev–Trinajstić information content (AvgIpc) is 3.31. The van der Waals surface area contributed by atoms with Crippen LogP contribution in [-0.4, -0.2) is 62.4 Å². The Hall–Kier alpha value is -2.82. The first-order chi connectivity index (χ1) is 17.7. The van der Waals surface area contributed by atoms with Gasteiger partial charge in [-0.05, 0) is 92.3 Å². The summed E-state index contributed by atoms with van der Waals surface area (Å²) in [5.41, 5.74) is 4.02. The minimum absolute atomic E-state index is 0.133. The minimum atomic E-state index is -3.67. The van der Waals surface area contributed by atoms with E-state index in [1.807, 2.05) is 49.1 Å². The molecule has 1 fully saturated rings. The maximum absolute atomic E-state index is 13.4. The Morgan fingerprint density at radius 2 is 1.78 bits per heavy atom. The predicted octanol–water partition coefficient (Wildman–Crippen LogP) is 4.40. The van der Waals surface area contributed by atoms with Gasteiger partial charge >= 0.3 is 0 Å². The molecule has 0 bridgehead atoms. The Balaban J connectivity index is 1.19. The molecule has 3 aromatic rings. The summed E-state index contributed by atoms with van der Waals surface area (Å²) in [6.07, 6.45) is 1.98. The van der Waals surface area contributed by atoms with Crippen molar-refractivity contribution in [2.24, 2.45) is 0 Å². The second-order valence-corrected chi connectivity index (χ2v) is 12.4. The molecule has 0 saturated carbocycles. The number of carbonyl (C=O) groups is 1. The van der Waals surface area contributed by atoms with Crippen molar-refractivity contribution in [2.75, 3.05) is 47.2 Å². The van der Waals surface area contributed by atoms with Crippen molar-refractivity contribution in [2.45, 2.75) is 37.6 Å². The molecular weight excluding hydrogens is 530 g/mol. The van der Waals surface area contributed by atoms with Crippen molar-refractivity contribution >= 4 is 55.4 Å². The van der Waals surface area contributed by atoms with E-state index in [9.17, 15) is 13.2 Å². The summed E-state index contributed by atoms with van der Waals surface area (Å²) in [7, 11) is -3.67. The summed E-state index contributed by atoms with van der Waals surface area (Å²) in [6.45, 7) is 7.28. The second kappa shape index (κ2) is 10.5. The minimum Gasteiger partial charge on any atom is -0.368 e. The van der Waals surface area contributed by atoms with Crippen LogP contribution in [0.25, 0.3) is 0 Å². The van der Waals surface area contributed by atoms with Gasteiger partial charge in [0.25, 0.3) is 10.0 Å². The topological polar surface area (TPSA) is 85.8 Å². The maximum atomic E-state index is 13.4. The molecule has 8 nitrogen and oxygen atoms in total. The Labute approximate surface area is 227 Å². The van der Waals surface area contributed by atoms with Gasteiger partial charge in [-0.15, -0.1) is 0 Å². The monoisotopic (exact) mass is 559 g/mol. The fourth-order valence-electron chi connectivity index (χ4n) is 5.02. The van der Waals surface area contributed by atoms with Crippen molar-refractivity contribution in [3.8, 4) is 0 Å². The fourth-order valence-corrected chi connectivity index (χ4v) is 7.15. The Bertz CT molecular complexity index is 1390. The molecule has 11 heteroatoms. The molecule has 5 rings (SSSR count). The lowest BCUT2D eigenvalue weighted by Crippen LogP contribution is -2.55. The number of nitrogens with one attached hydrogen (secondary N) is 1. The molecule has 2 aliphatic heterocycles. The number of hydrogen-bond donors (Lipinski definition) is 1. The van der Waals surface area contributed by atoms with E-state index in [1.54, 1.807) is 18.2 Å². The smallest absolute Gasteiger partial charge is 0.262 e. The number of benzene rings is 2. The third-order valence-corrected chi connectivity index (χ3v) is 9.53. The van der Waals surface area contributed by atoms with Gasteiger partial charge in [0.05, 0.1) is 10.6 Å². The highest BCUT2D eigenvalue weighted by Gasteiger charge is 2.31. The van der Waals surface area contributed by atoms with Gasteiger partial charge in [0.1, 0.15) is 11.0 Å². The molecule has 0 radical (unpaired) electrons. The first-order valence-electron chi connectivity index (χ1n) is 12.4. The molecule has 3 heterocycles. The lowest BCUT2D eigenvalue weighted by atomic mass is 10.00. The van der Waals surface area contributed by atoms with Crippen LogP contribution in [0.4, 0.5) is 16.4 Å². The van der Waals surface area contributed by atoms with Crippen LogP contribution in [0.1, 0.15) is 24.6 Å². The van der Waals surface area contributed by atoms with Crippen molar-refractivity contribution in [3.05, 3.63) is 64.8 Å². The summed E-state index contributed by atoms with van der Waals surface area (Å²) in [5.74, 6) is 0.133. The van der Waals surface area contributed by atoms with Gasteiger partial charge in [-0.3, -0.25) is 9.52 Å². The zero-order valence-corrected chi connectivity index (χ0v) is 23.2. The molecule has 0 spiro atoms. The van der Waals surface area contributed by atoms with Gasteiger partial charge in [-0.1, -0.05) is 11.6 Å². The van der Waals surface area contributed by atoms with Crippen LogP contribution < -0.4 is 14.5 Å². The number of anilines is 3. The third kappa shape index (κ3) is 5.56. The number of sulfonamides is 1. The second-order valence-electron chi connectivity index (χ2n) is 9.49. The lowest BCUT2D eigenvalue weighted by molar-refractivity contribution is -0.132. The Morgan fingerprint density at radius 3 is 2.46 bits per heavy atom. The molecule has 0 aliphatic carbocycles. The number of nitrogens with zero attached hydrogens (tertiary/aromatic N) is 4. The standard InChI is InChI=1S/C26H30ClN5O3S2/c1-18-16-25(36-28-18)29-37(34,35)23-8-6-22(7-9-23)30-12-14-31(15-13-30)26(33)19(2)32-11-3-4-20-17-21(27)5-10-24(20)32/h5-10,16-17,19,29H,3-4,11-15H2,1-2H3. The largest absolute Gasteiger partial charge is 0.368 e. The van der Waals surface area contributed by atoms with Crippen LogP contribution in [-0.2, 0) is 21.2 Å². The zero-order valence-electron chi connectivity index (χ0n) is 20.9. The van der Waals surface area contributed by atoms with Crippen molar-refractivity contribution in [3.63, 3.8) is 0 Å². The normalized spacial score (nSPS) is 16.9. The molecule has 1 unspecified atom stereocenters. The molecule has 1 saturated heterocycles. The van der Waals surface area contributed by atoms with Crippen LogP contribution >= 0.6 is 23.1 Å². The van der Waals surface area contributed by atoms with Crippen molar-refractivity contribution < 1.29 is 13.2 Å². The third-order valence-electron chi connectivity index (χ3n) is 6.99. The molecule has 1 amide bonds. The molecule has 1 atom stereocenters. The lowest BCUT2D eigenvalue weighted by Gasteiger charge is -2.41. The quantitative estimate of drug-likeness (QED) is 0.482. The fraction of sp³-hybridized carbons (Fsp3) is 0.385. The summed E-state index contributed by atoms with van der Waals surface area (Å²) in [5, 5.41) is 1.22. The Morgan fingerprint density at radius 1 is 1.05 bits per heavy atom. The van der Waals surface area contributed by atoms with Gasteiger partial charge in [-0.25, -0.2) is 8.42 Å². The van der Waals surface area contributed by atoms with Gasteiger partial charge in [0.15, 0.2) is 0 Å². The molecule has 1 N–H and O–H groups in total. The van der Waals surface area contributed by atoms with Crippen LogP contribution in [0.2, 0.25) is 5.02 Å². The first-order valence-corrected chi connectivity index (χ1v) is 15.0. The van der Waals surface area contributed by atoms with Crippen LogP contribution in [0.15, 0.2) is 53.4 Å². The van der Waals surface area contributed by atoms with Gasteiger partial charge in [0, 0.05) is 49.1 Å². The van der Waals surface area contributed by atoms with Crippen LogP contribution in [0.5, 0.6) is 0 Å². The number of carbonyl (C=O) groups excluding carboxylic acids is 1. The van der Waals surface area contributed by atoms with Crippen LogP contribution in [0.3, 0.4) is 0 Å². The van der Waals surface area contributed by atoms with E-state index < -0.39 is 10.0 Å².